The van der Waals surface area contributed by atoms with E-state index in [-0.39, 0.29) is 17.4 Å². The standard InChI is InChI=1S/C17H20N4O4/c1-5-21-13(15(23)19-3)12(14(22)18-2)20(4)17(21)25-16(24)11-9-7-6-8-10-11/h6-10H,5H2,1-4H3,(H-,18,19,22,23)/p+1. The van der Waals surface area contributed by atoms with Gasteiger partial charge in [-0.15, -0.1) is 0 Å². The lowest BCUT2D eigenvalue weighted by atomic mass is 10.2. The molecule has 0 saturated heterocycles. The fourth-order valence-corrected chi connectivity index (χ4v) is 2.52. The van der Waals surface area contributed by atoms with Crippen LogP contribution in [0.5, 0.6) is 6.01 Å². The number of nitrogens with zero attached hydrogens (tertiary/aromatic N) is 2. The number of ether oxygens (including phenoxy) is 1. The number of hydrogen-bond acceptors (Lipinski definition) is 4. The van der Waals surface area contributed by atoms with Gasteiger partial charge in [-0.3, -0.25) is 9.59 Å². The Labute approximate surface area is 145 Å². The summed E-state index contributed by atoms with van der Waals surface area (Å²) in [6, 6.07) is 8.59. The summed E-state index contributed by atoms with van der Waals surface area (Å²) in [7, 11) is 4.50. The van der Waals surface area contributed by atoms with E-state index in [4.69, 9.17) is 4.74 Å². The Kier molecular flexibility index (Phi) is 5.53. The Morgan fingerprint density at radius 1 is 1.08 bits per heavy atom. The summed E-state index contributed by atoms with van der Waals surface area (Å²) in [6.45, 7) is 2.13. The molecule has 2 aromatic rings. The quantitative estimate of drug-likeness (QED) is 0.601. The van der Waals surface area contributed by atoms with E-state index in [1.807, 2.05) is 0 Å². The molecule has 0 unspecified atom stereocenters. The Morgan fingerprint density at radius 2 is 1.68 bits per heavy atom. The molecule has 0 atom stereocenters. The van der Waals surface area contributed by atoms with Gasteiger partial charge in [0.25, 0.3) is 11.8 Å². The van der Waals surface area contributed by atoms with Gasteiger partial charge >= 0.3 is 12.0 Å². The maximum absolute atomic E-state index is 12.4. The predicted molar refractivity (Wildman–Crippen MR) is 89.5 cm³/mol. The van der Waals surface area contributed by atoms with E-state index in [0.717, 1.165) is 0 Å². The maximum atomic E-state index is 12.4. The number of carbonyl (C=O) groups excluding carboxylic acids is 3. The van der Waals surface area contributed by atoms with Crippen molar-refractivity contribution in [2.75, 3.05) is 14.1 Å². The Morgan fingerprint density at radius 3 is 2.20 bits per heavy atom. The molecule has 0 aliphatic rings. The van der Waals surface area contributed by atoms with Crippen molar-refractivity contribution in [2.24, 2.45) is 7.05 Å². The van der Waals surface area contributed by atoms with Crippen LogP contribution in [0, 0.1) is 0 Å². The number of rotatable bonds is 5. The van der Waals surface area contributed by atoms with Crippen molar-refractivity contribution in [3.05, 3.63) is 47.3 Å². The number of imidazole rings is 1. The van der Waals surface area contributed by atoms with Crippen molar-refractivity contribution in [1.82, 2.24) is 15.2 Å². The molecular weight excluding hydrogens is 324 g/mol. The molecule has 0 aliphatic heterocycles. The number of aromatic nitrogens is 2. The molecule has 8 nitrogen and oxygen atoms in total. The molecule has 25 heavy (non-hydrogen) atoms. The van der Waals surface area contributed by atoms with Crippen LogP contribution in [0.4, 0.5) is 0 Å². The van der Waals surface area contributed by atoms with Gasteiger partial charge in [0.2, 0.25) is 11.4 Å². The van der Waals surface area contributed by atoms with E-state index in [2.05, 4.69) is 10.6 Å². The molecule has 2 rings (SSSR count). The van der Waals surface area contributed by atoms with Gasteiger partial charge in [0, 0.05) is 14.1 Å². The second-order valence-corrected chi connectivity index (χ2v) is 5.20. The zero-order valence-corrected chi connectivity index (χ0v) is 14.6. The van der Waals surface area contributed by atoms with Gasteiger partial charge in [-0.1, -0.05) is 18.2 Å². The Bertz CT molecular complexity index is 812. The molecule has 0 aliphatic carbocycles. The topological polar surface area (TPSA) is 93.3 Å². The first-order valence-corrected chi connectivity index (χ1v) is 7.80. The van der Waals surface area contributed by atoms with Crippen molar-refractivity contribution < 1.29 is 23.7 Å². The van der Waals surface area contributed by atoms with Gasteiger partial charge < -0.3 is 15.4 Å². The van der Waals surface area contributed by atoms with Crippen LogP contribution in [0.15, 0.2) is 30.3 Å². The molecule has 1 aromatic carbocycles. The summed E-state index contributed by atoms with van der Waals surface area (Å²) in [5.74, 6) is -1.47. The minimum Gasteiger partial charge on any atom is -0.353 e. The number of hydrogen-bond donors (Lipinski definition) is 2. The second kappa shape index (κ2) is 7.61. The molecule has 8 heteroatoms. The van der Waals surface area contributed by atoms with Crippen LogP contribution in [0.1, 0.15) is 38.3 Å². The van der Waals surface area contributed by atoms with E-state index in [0.29, 0.717) is 12.1 Å². The average Bonchev–Trinajstić information content (AvgIpc) is 2.92. The summed E-state index contributed by atoms with van der Waals surface area (Å²) in [4.78, 5) is 36.9. The van der Waals surface area contributed by atoms with E-state index >= 15 is 0 Å². The summed E-state index contributed by atoms with van der Waals surface area (Å²) in [5, 5.41) is 5.00. The molecule has 132 valence electrons. The number of benzene rings is 1. The lowest BCUT2D eigenvalue weighted by molar-refractivity contribution is -0.676. The highest BCUT2D eigenvalue weighted by Crippen LogP contribution is 2.18. The highest BCUT2D eigenvalue weighted by atomic mass is 16.6. The highest BCUT2D eigenvalue weighted by Gasteiger charge is 2.38. The summed E-state index contributed by atoms with van der Waals surface area (Å²) >= 11 is 0. The molecule has 0 spiro atoms. The monoisotopic (exact) mass is 345 g/mol. The average molecular weight is 345 g/mol. The molecule has 0 saturated carbocycles. The Balaban J connectivity index is 2.58. The fraction of sp³-hybridized carbons (Fsp3) is 0.294. The van der Waals surface area contributed by atoms with Crippen LogP contribution in [-0.4, -0.2) is 36.4 Å². The second-order valence-electron chi connectivity index (χ2n) is 5.20. The van der Waals surface area contributed by atoms with E-state index < -0.39 is 17.8 Å². The summed E-state index contributed by atoms with van der Waals surface area (Å²) < 4.78 is 8.38. The number of nitrogens with one attached hydrogen (secondary N) is 2. The zero-order chi connectivity index (χ0) is 18.6. The third-order valence-corrected chi connectivity index (χ3v) is 3.74. The molecule has 0 bridgehead atoms. The smallest absolute Gasteiger partial charge is 0.353 e. The van der Waals surface area contributed by atoms with Crippen LogP contribution >= 0.6 is 0 Å². The first-order valence-electron chi connectivity index (χ1n) is 7.80. The van der Waals surface area contributed by atoms with E-state index in [1.165, 1.54) is 23.2 Å². The van der Waals surface area contributed by atoms with E-state index in [1.54, 1.807) is 44.3 Å². The largest absolute Gasteiger partial charge is 0.465 e. The van der Waals surface area contributed by atoms with Crippen LogP contribution < -0.4 is 19.9 Å². The minimum atomic E-state index is -0.574. The first-order chi connectivity index (χ1) is 12.0. The van der Waals surface area contributed by atoms with Crippen LogP contribution in [0.2, 0.25) is 0 Å². The zero-order valence-electron chi connectivity index (χ0n) is 14.6. The summed E-state index contributed by atoms with van der Waals surface area (Å²) in [5.41, 5.74) is 0.608. The molecule has 2 amide bonds. The van der Waals surface area contributed by atoms with Crippen molar-refractivity contribution in [1.29, 1.82) is 0 Å². The van der Waals surface area contributed by atoms with E-state index in [9.17, 15) is 14.4 Å². The normalized spacial score (nSPS) is 10.2. The third-order valence-electron chi connectivity index (χ3n) is 3.74. The molecular formula is C17H21N4O4+. The number of amides is 2. The fourth-order valence-electron chi connectivity index (χ4n) is 2.52. The molecule has 0 radical (unpaired) electrons. The molecule has 0 fully saturated rings. The molecule has 1 heterocycles. The van der Waals surface area contributed by atoms with Gasteiger partial charge in [0.1, 0.15) is 0 Å². The lowest BCUT2D eigenvalue weighted by Gasteiger charge is -2.03. The lowest BCUT2D eigenvalue weighted by Crippen LogP contribution is -2.40. The third kappa shape index (κ3) is 3.37. The van der Waals surface area contributed by atoms with Crippen molar-refractivity contribution in [3.8, 4) is 6.01 Å². The minimum absolute atomic E-state index is 0.105. The van der Waals surface area contributed by atoms with Gasteiger partial charge in [-0.25, -0.2) is 4.79 Å². The van der Waals surface area contributed by atoms with Crippen LogP contribution in [-0.2, 0) is 13.6 Å². The number of esters is 1. The van der Waals surface area contributed by atoms with Crippen LogP contribution in [0.25, 0.3) is 0 Å². The molecule has 1 aromatic heterocycles. The Hall–Kier alpha value is -3.16. The summed E-state index contributed by atoms with van der Waals surface area (Å²) in [6.07, 6.45) is 0. The van der Waals surface area contributed by atoms with Crippen molar-refractivity contribution >= 4 is 17.8 Å². The first kappa shape index (κ1) is 18.2. The van der Waals surface area contributed by atoms with Gasteiger partial charge in [0.15, 0.2) is 0 Å². The van der Waals surface area contributed by atoms with Crippen molar-refractivity contribution in [3.63, 3.8) is 0 Å². The van der Waals surface area contributed by atoms with Crippen LogP contribution in [0.3, 0.4) is 0 Å². The SMILES string of the molecule is CCn1c(C(=O)NC)c(C(=O)NC)[n+](C)c1OC(=O)c1ccccc1. The van der Waals surface area contributed by atoms with Crippen molar-refractivity contribution in [2.45, 2.75) is 13.5 Å². The van der Waals surface area contributed by atoms with Gasteiger partial charge in [-0.2, -0.15) is 9.13 Å². The maximum Gasteiger partial charge on any atom is 0.465 e. The van der Waals surface area contributed by atoms with Gasteiger partial charge in [-0.05, 0) is 19.1 Å². The van der Waals surface area contributed by atoms with Gasteiger partial charge in [0.05, 0.1) is 19.2 Å². The number of carbonyl (C=O) groups is 3. The predicted octanol–water partition coefficient (Wildman–Crippen LogP) is 0.271. The highest BCUT2D eigenvalue weighted by molar-refractivity contribution is 6.04. The molecule has 2 N–H and O–H groups in total.